The molecule has 8 heteroatoms. The van der Waals surface area contributed by atoms with Crippen molar-refractivity contribution < 1.29 is 9.72 Å². The number of rotatable bonds is 3. The van der Waals surface area contributed by atoms with Crippen molar-refractivity contribution in [3.63, 3.8) is 0 Å². The molecule has 0 aliphatic carbocycles. The molecule has 1 saturated heterocycles. The molecular formula is C20H18N4O4. The summed E-state index contributed by atoms with van der Waals surface area (Å²) in [5, 5.41) is 12.0. The Morgan fingerprint density at radius 3 is 2.43 bits per heavy atom. The van der Waals surface area contributed by atoms with Gasteiger partial charge >= 0.3 is 0 Å². The fourth-order valence-corrected chi connectivity index (χ4v) is 3.59. The fourth-order valence-electron chi connectivity index (χ4n) is 3.59. The van der Waals surface area contributed by atoms with Gasteiger partial charge < -0.3 is 14.8 Å². The van der Waals surface area contributed by atoms with Gasteiger partial charge in [-0.25, -0.2) is 0 Å². The number of carbonyl (C=O) groups excluding carboxylic acids is 1. The van der Waals surface area contributed by atoms with Gasteiger partial charge in [0.15, 0.2) is 0 Å². The SMILES string of the molecule is O=C(c1cc(=O)[nH]c2ccccc12)N1CCN(c2ccccc2[N+](=O)[O-])CC1. The number of hydrogen-bond donors (Lipinski definition) is 1. The lowest BCUT2D eigenvalue weighted by molar-refractivity contribution is -0.384. The second-order valence-electron chi connectivity index (χ2n) is 6.62. The molecule has 0 atom stereocenters. The first-order valence-electron chi connectivity index (χ1n) is 8.94. The predicted molar refractivity (Wildman–Crippen MR) is 106 cm³/mol. The van der Waals surface area contributed by atoms with Crippen molar-refractivity contribution in [3.8, 4) is 0 Å². The van der Waals surface area contributed by atoms with E-state index in [1.807, 2.05) is 17.0 Å². The van der Waals surface area contributed by atoms with Gasteiger partial charge in [0.2, 0.25) is 5.56 Å². The Bertz CT molecular complexity index is 1120. The summed E-state index contributed by atoms with van der Waals surface area (Å²) < 4.78 is 0. The zero-order chi connectivity index (χ0) is 19.7. The predicted octanol–water partition coefficient (Wildman–Crippen LogP) is 2.40. The molecule has 0 radical (unpaired) electrons. The second-order valence-corrected chi connectivity index (χ2v) is 6.62. The third-order valence-corrected chi connectivity index (χ3v) is 4.97. The van der Waals surface area contributed by atoms with Crippen molar-refractivity contribution in [2.24, 2.45) is 0 Å². The second kappa shape index (κ2) is 7.15. The minimum Gasteiger partial charge on any atom is -0.362 e. The molecular weight excluding hydrogens is 360 g/mol. The third-order valence-electron chi connectivity index (χ3n) is 4.97. The van der Waals surface area contributed by atoms with Gasteiger partial charge in [-0.15, -0.1) is 0 Å². The van der Waals surface area contributed by atoms with Crippen LogP contribution < -0.4 is 10.5 Å². The number of H-pyrrole nitrogens is 1. The largest absolute Gasteiger partial charge is 0.362 e. The van der Waals surface area contributed by atoms with E-state index in [9.17, 15) is 19.7 Å². The fraction of sp³-hybridized carbons (Fsp3) is 0.200. The summed E-state index contributed by atoms with van der Waals surface area (Å²) in [6.07, 6.45) is 0. The number of nitro benzene ring substituents is 1. The number of carbonyl (C=O) groups is 1. The van der Waals surface area contributed by atoms with Gasteiger partial charge in [0, 0.05) is 49.2 Å². The molecule has 0 saturated carbocycles. The highest BCUT2D eigenvalue weighted by atomic mass is 16.6. The molecule has 1 amide bonds. The lowest BCUT2D eigenvalue weighted by Crippen LogP contribution is -2.49. The lowest BCUT2D eigenvalue weighted by atomic mass is 10.1. The van der Waals surface area contributed by atoms with E-state index in [0.717, 1.165) is 0 Å². The molecule has 142 valence electrons. The van der Waals surface area contributed by atoms with E-state index >= 15 is 0 Å². The maximum Gasteiger partial charge on any atom is 0.292 e. The molecule has 1 aliphatic rings. The van der Waals surface area contributed by atoms with E-state index < -0.39 is 4.92 Å². The molecule has 0 bridgehead atoms. The van der Waals surface area contributed by atoms with Crippen LogP contribution in [0.5, 0.6) is 0 Å². The number of amides is 1. The number of piperazine rings is 1. The maximum atomic E-state index is 13.0. The molecule has 2 heterocycles. The van der Waals surface area contributed by atoms with Crippen LogP contribution in [0, 0.1) is 10.1 Å². The van der Waals surface area contributed by atoms with E-state index in [0.29, 0.717) is 48.3 Å². The van der Waals surface area contributed by atoms with Crippen LogP contribution in [0.3, 0.4) is 0 Å². The number of aromatic amines is 1. The Hall–Kier alpha value is -3.68. The molecule has 1 N–H and O–H groups in total. The van der Waals surface area contributed by atoms with Gasteiger partial charge in [0.25, 0.3) is 11.6 Å². The van der Waals surface area contributed by atoms with Gasteiger partial charge in [-0.2, -0.15) is 0 Å². The van der Waals surface area contributed by atoms with Gasteiger partial charge in [-0.3, -0.25) is 19.7 Å². The summed E-state index contributed by atoms with van der Waals surface area (Å²) in [5.41, 5.74) is 1.29. The first-order valence-corrected chi connectivity index (χ1v) is 8.94. The minimum atomic E-state index is -0.394. The van der Waals surface area contributed by atoms with Crippen LogP contribution in [-0.2, 0) is 0 Å². The number of pyridine rings is 1. The summed E-state index contributed by atoms with van der Waals surface area (Å²) >= 11 is 0. The standard InChI is InChI=1S/C20H18N4O4/c25-19-13-15(14-5-1-2-6-16(14)21-19)20(26)23-11-9-22(10-12-23)17-7-3-4-8-18(17)24(27)28/h1-8,13H,9-12H2,(H,21,25). The first-order chi connectivity index (χ1) is 13.5. The van der Waals surface area contributed by atoms with Gasteiger partial charge in [-0.1, -0.05) is 30.3 Å². The Morgan fingerprint density at radius 2 is 1.68 bits per heavy atom. The van der Waals surface area contributed by atoms with Crippen LogP contribution in [0.2, 0.25) is 0 Å². The highest BCUT2D eigenvalue weighted by Crippen LogP contribution is 2.28. The summed E-state index contributed by atoms with van der Waals surface area (Å²) in [6, 6.07) is 15.1. The van der Waals surface area contributed by atoms with Crippen LogP contribution in [0.15, 0.2) is 59.4 Å². The maximum absolute atomic E-state index is 13.0. The summed E-state index contributed by atoms with van der Waals surface area (Å²) in [7, 11) is 0. The number of nitrogens with zero attached hydrogens (tertiary/aromatic N) is 3. The number of aromatic nitrogens is 1. The molecule has 0 unspecified atom stereocenters. The number of benzene rings is 2. The number of anilines is 1. The van der Waals surface area contributed by atoms with Crippen molar-refractivity contribution in [1.82, 2.24) is 9.88 Å². The van der Waals surface area contributed by atoms with E-state index in [2.05, 4.69) is 4.98 Å². The van der Waals surface area contributed by atoms with Crippen molar-refractivity contribution in [3.05, 3.63) is 80.6 Å². The zero-order valence-corrected chi connectivity index (χ0v) is 15.0. The van der Waals surface area contributed by atoms with Crippen molar-refractivity contribution >= 4 is 28.2 Å². The molecule has 1 aromatic heterocycles. The normalized spacial score (nSPS) is 14.3. The molecule has 4 rings (SSSR count). The highest BCUT2D eigenvalue weighted by Gasteiger charge is 2.27. The number of nitro groups is 1. The van der Waals surface area contributed by atoms with Gasteiger partial charge in [-0.05, 0) is 12.1 Å². The lowest BCUT2D eigenvalue weighted by Gasteiger charge is -2.36. The molecule has 1 fully saturated rings. The minimum absolute atomic E-state index is 0.0582. The third kappa shape index (κ3) is 3.20. The zero-order valence-electron chi connectivity index (χ0n) is 15.0. The molecule has 2 aromatic carbocycles. The smallest absolute Gasteiger partial charge is 0.292 e. The Morgan fingerprint density at radius 1 is 1.00 bits per heavy atom. The topological polar surface area (TPSA) is 99.6 Å². The highest BCUT2D eigenvalue weighted by molar-refractivity contribution is 6.06. The quantitative estimate of drug-likeness (QED) is 0.557. The Balaban J connectivity index is 1.56. The number of nitrogens with one attached hydrogen (secondary N) is 1. The average molecular weight is 378 g/mol. The molecule has 0 spiro atoms. The number of para-hydroxylation sites is 3. The van der Waals surface area contributed by atoms with Gasteiger partial charge in [0.05, 0.1) is 10.5 Å². The summed E-state index contributed by atoms with van der Waals surface area (Å²) in [5.74, 6) is -0.204. The Labute approximate surface area is 160 Å². The van der Waals surface area contributed by atoms with Crippen LogP contribution >= 0.6 is 0 Å². The number of fused-ring (bicyclic) bond motifs is 1. The molecule has 8 nitrogen and oxygen atoms in total. The van der Waals surface area contributed by atoms with Crippen molar-refractivity contribution in [2.45, 2.75) is 0 Å². The summed E-state index contributed by atoms with van der Waals surface area (Å²) in [6.45, 7) is 1.81. The van der Waals surface area contributed by atoms with Crippen LogP contribution in [-0.4, -0.2) is 46.9 Å². The first kappa shape index (κ1) is 17.7. The van der Waals surface area contributed by atoms with Crippen molar-refractivity contribution in [1.29, 1.82) is 0 Å². The van der Waals surface area contributed by atoms with E-state index in [4.69, 9.17) is 0 Å². The Kier molecular flexibility index (Phi) is 4.52. The van der Waals surface area contributed by atoms with Crippen LogP contribution in [0.4, 0.5) is 11.4 Å². The molecule has 1 aliphatic heterocycles. The number of hydrogen-bond acceptors (Lipinski definition) is 5. The molecule has 3 aromatic rings. The van der Waals surface area contributed by atoms with E-state index in [1.165, 1.54) is 12.1 Å². The average Bonchev–Trinajstić information content (AvgIpc) is 2.72. The molecule has 28 heavy (non-hydrogen) atoms. The van der Waals surface area contributed by atoms with Crippen LogP contribution in [0.1, 0.15) is 10.4 Å². The van der Waals surface area contributed by atoms with E-state index in [1.54, 1.807) is 35.2 Å². The van der Waals surface area contributed by atoms with E-state index in [-0.39, 0.29) is 17.2 Å². The monoisotopic (exact) mass is 378 g/mol. The van der Waals surface area contributed by atoms with Crippen molar-refractivity contribution in [2.75, 3.05) is 31.1 Å². The summed E-state index contributed by atoms with van der Waals surface area (Å²) in [4.78, 5) is 42.2. The van der Waals surface area contributed by atoms with Gasteiger partial charge in [0.1, 0.15) is 5.69 Å². The van der Waals surface area contributed by atoms with Crippen LogP contribution in [0.25, 0.3) is 10.9 Å².